The van der Waals surface area contributed by atoms with Crippen LogP contribution in [0.15, 0.2) is 30.7 Å². The van der Waals surface area contributed by atoms with Gasteiger partial charge in [-0.1, -0.05) is 0 Å². The monoisotopic (exact) mass is 286 g/mol. The van der Waals surface area contributed by atoms with Gasteiger partial charge in [-0.3, -0.25) is 9.48 Å². The van der Waals surface area contributed by atoms with Gasteiger partial charge >= 0.3 is 5.97 Å². The van der Waals surface area contributed by atoms with Crippen molar-refractivity contribution in [2.24, 2.45) is 7.05 Å². The van der Waals surface area contributed by atoms with Gasteiger partial charge in [0.15, 0.2) is 0 Å². The first-order valence-corrected chi connectivity index (χ1v) is 6.17. The number of rotatable bonds is 5. The number of aromatic nitrogens is 3. The molecule has 0 aliphatic heterocycles. The van der Waals surface area contributed by atoms with Gasteiger partial charge in [-0.05, 0) is 12.1 Å². The summed E-state index contributed by atoms with van der Waals surface area (Å²) in [5.74, 6) is 1.07. The van der Waals surface area contributed by atoms with Gasteiger partial charge in [-0.2, -0.15) is 5.10 Å². The molecule has 2 aromatic rings. The molecule has 21 heavy (non-hydrogen) atoms. The Bertz CT molecular complexity index is 694. The van der Waals surface area contributed by atoms with E-state index in [1.165, 1.54) is 10.9 Å². The molecule has 1 atom stereocenters. The lowest BCUT2D eigenvalue weighted by Gasteiger charge is -2.12. The molecule has 0 spiro atoms. The average molecular weight is 286 g/mol. The highest BCUT2D eigenvalue weighted by Crippen LogP contribution is 2.14. The molecule has 7 heteroatoms. The molecule has 1 amide bonds. The second-order valence-electron chi connectivity index (χ2n) is 4.37. The molecular formula is C14H14N4O3. The Hall–Kier alpha value is -3.01. The van der Waals surface area contributed by atoms with E-state index in [2.05, 4.69) is 16.3 Å². The molecule has 0 aliphatic rings. The summed E-state index contributed by atoms with van der Waals surface area (Å²) in [7, 11) is 1.70. The molecule has 0 saturated heterocycles. The van der Waals surface area contributed by atoms with Crippen LogP contribution >= 0.6 is 0 Å². The van der Waals surface area contributed by atoms with Crippen molar-refractivity contribution >= 4 is 11.9 Å². The van der Waals surface area contributed by atoms with Gasteiger partial charge in [-0.25, -0.2) is 4.79 Å². The molecule has 2 rings (SSSR count). The number of nitrogens with zero attached hydrogens (tertiary/aromatic N) is 3. The number of amides is 1. The third kappa shape index (κ3) is 2.95. The third-order valence-corrected chi connectivity index (χ3v) is 2.93. The molecule has 0 bridgehead atoms. The van der Waals surface area contributed by atoms with E-state index in [0.717, 1.165) is 0 Å². The van der Waals surface area contributed by atoms with Crippen LogP contribution in [0.5, 0.6) is 0 Å². The number of carboxylic acids is 1. The van der Waals surface area contributed by atoms with Crippen molar-refractivity contribution in [3.63, 3.8) is 0 Å². The molecule has 2 aromatic heterocycles. The van der Waals surface area contributed by atoms with E-state index in [1.807, 2.05) is 12.1 Å². The maximum atomic E-state index is 12.3. The number of hydrogen-bond donors (Lipinski definition) is 2. The summed E-state index contributed by atoms with van der Waals surface area (Å²) in [5.41, 5.74) is 0.275. The molecular weight excluding hydrogens is 272 g/mol. The van der Waals surface area contributed by atoms with E-state index in [4.69, 9.17) is 11.5 Å². The zero-order valence-electron chi connectivity index (χ0n) is 11.4. The molecule has 0 aromatic carbocycles. The summed E-state index contributed by atoms with van der Waals surface area (Å²) >= 11 is 0. The molecule has 0 saturated carbocycles. The van der Waals surface area contributed by atoms with Gasteiger partial charge in [0.1, 0.15) is 17.4 Å². The highest BCUT2D eigenvalue weighted by molar-refractivity contribution is 5.99. The second-order valence-corrected chi connectivity index (χ2v) is 4.37. The fourth-order valence-corrected chi connectivity index (χ4v) is 1.93. The zero-order valence-corrected chi connectivity index (χ0v) is 11.4. The number of aliphatic carboxylic acids is 1. The van der Waals surface area contributed by atoms with Gasteiger partial charge in [0.2, 0.25) is 0 Å². The van der Waals surface area contributed by atoms with Crippen molar-refractivity contribution in [1.82, 2.24) is 19.7 Å². The van der Waals surface area contributed by atoms with Crippen molar-refractivity contribution in [3.8, 4) is 18.2 Å². The van der Waals surface area contributed by atoms with E-state index in [9.17, 15) is 9.59 Å². The van der Waals surface area contributed by atoms with Crippen LogP contribution in [-0.2, 0) is 11.8 Å². The second kappa shape index (κ2) is 5.96. The Morgan fingerprint density at radius 2 is 2.14 bits per heavy atom. The minimum Gasteiger partial charge on any atom is -0.480 e. The van der Waals surface area contributed by atoms with Crippen molar-refractivity contribution in [2.45, 2.75) is 12.5 Å². The predicted octanol–water partition coefficient (Wildman–Crippen LogP) is 0.417. The van der Waals surface area contributed by atoms with Crippen molar-refractivity contribution in [3.05, 3.63) is 36.3 Å². The number of terminal acetylenes is 1. The lowest BCUT2D eigenvalue weighted by atomic mass is 10.2. The highest BCUT2D eigenvalue weighted by atomic mass is 16.4. The van der Waals surface area contributed by atoms with Crippen molar-refractivity contribution in [1.29, 1.82) is 0 Å². The highest BCUT2D eigenvalue weighted by Gasteiger charge is 2.23. The smallest absolute Gasteiger partial charge is 0.327 e. The van der Waals surface area contributed by atoms with Crippen LogP contribution in [0.1, 0.15) is 16.8 Å². The predicted molar refractivity (Wildman–Crippen MR) is 74.9 cm³/mol. The van der Waals surface area contributed by atoms with E-state index in [1.54, 1.807) is 24.0 Å². The van der Waals surface area contributed by atoms with E-state index < -0.39 is 17.9 Å². The Kier molecular flexibility index (Phi) is 4.09. The summed E-state index contributed by atoms with van der Waals surface area (Å²) in [6.45, 7) is 0. The lowest BCUT2D eigenvalue weighted by molar-refractivity contribution is -0.139. The topological polar surface area (TPSA) is 89.2 Å². The molecule has 2 heterocycles. The Labute approximate surface area is 121 Å². The maximum absolute atomic E-state index is 12.3. The molecule has 2 N–H and O–H groups in total. The zero-order chi connectivity index (χ0) is 15.4. The number of carbonyl (C=O) groups excluding carboxylic acids is 1. The minimum absolute atomic E-state index is 0.0831. The fourth-order valence-electron chi connectivity index (χ4n) is 1.93. The van der Waals surface area contributed by atoms with E-state index >= 15 is 0 Å². The molecule has 7 nitrogen and oxygen atoms in total. The maximum Gasteiger partial charge on any atom is 0.327 e. The molecule has 0 fully saturated rings. The summed E-state index contributed by atoms with van der Waals surface area (Å²) < 4.78 is 3.25. The molecule has 108 valence electrons. The van der Waals surface area contributed by atoms with E-state index in [-0.39, 0.29) is 12.0 Å². The average Bonchev–Trinajstić information content (AvgIpc) is 3.06. The van der Waals surface area contributed by atoms with Crippen LogP contribution in [-0.4, -0.2) is 37.4 Å². The number of hydrogen-bond acceptors (Lipinski definition) is 3. The standard InChI is InChI=1S/C14H14N4O3/c1-3-6-11(14(20)21)16-12(19)10-9-15-17(2)13(10)18-7-4-5-8-18/h1,4-5,7-9,11H,6H2,2H3,(H,16,19)(H,20,21). The third-order valence-electron chi connectivity index (χ3n) is 2.93. The Balaban J connectivity index is 2.29. The van der Waals surface area contributed by atoms with E-state index in [0.29, 0.717) is 5.82 Å². The fraction of sp³-hybridized carbons (Fsp3) is 0.214. The SMILES string of the molecule is C#CCC(NC(=O)c1cnn(C)c1-n1cccc1)C(=O)O. The van der Waals surface area contributed by atoms with Crippen LogP contribution in [0.3, 0.4) is 0 Å². The summed E-state index contributed by atoms with van der Waals surface area (Å²) in [6.07, 6.45) is 9.95. The summed E-state index contributed by atoms with van der Waals surface area (Å²) in [5, 5.41) is 15.5. The largest absolute Gasteiger partial charge is 0.480 e. The normalized spacial score (nSPS) is 11.6. The summed E-state index contributed by atoms with van der Waals surface area (Å²) in [4.78, 5) is 23.3. The Morgan fingerprint density at radius 3 is 2.71 bits per heavy atom. The van der Waals surface area contributed by atoms with Crippen LogP contribution in [0.2, 0.25) is 0 Å². The summed E-state index contributed by atoms with van der Waals surface area (Å²) in [6, 6.07) is 2.50. The van der Waals surface area contributed by atoms with Gasteiger partial charge in [0.25, 0.3) is 5.91 Å². The number of aryl methyl sites for hydroxylation is 1. The van der Waals surface area contributed by atoms with Gasteiger partial charge in [0, 0.05) is 25.9 Å². The minimum atomic E-state index is -1.17. The number of carbonyl (C=O) groups is 2. The Morgan fingerprint density at radius 1 is 1.48 bits per heavy atom. The van der Waals surface area contributed by atoms with Gasteiger partial charge < -0.3 is 15.0 Å². The molecule has 0 aliphatic carbocycles. The number of carboxylic acid groups (broad SMARTS) is 1. The van der Waals surface area contributed by atoms with Crippen LogP contribution in [0.4, 0.5) is 0 Å². The van der Waals surface area contributed by atoms with Crippen LogP contribution in [0, 0.1) is 12.3 Å². The first-order valence-electron chi connectivity index (χ1n) is 6.17. The molecule has 0 radical (unpaired) electrons. The molecule has 1 unspecified atom stereocenters. The van der Waals surface area contributed by atoms with Crippen molar-refractivity contribution < 1.29 is 14.7 Å². The lowest BCUT2D eigenvalue weighted by Crippen LogP contribution is -2.40. The van der Waals surface area contributed by atoms with Crippen molar-refractivity contribution in [2.75, 3.05) is 0 Å². The number of nitrogens with one attached hydrogen (secondary N) is 1. The van der Waals surface area contributed by atoms with Crippen LogP contribution < -0.4 is 5.32 Å². The van der Waals surface area contributed by atoms with Gasteiger partial charge in [0.05, 0.1) is 6.20 Å². The van der Waals surface area contributed by atoms with Crippen LogP contribution in [0.25, 0.3) is 5.82 Å². The first-order chi connectivity index (χ1) is 10.0. The van der Waals surface area contributed by atoms with Gasteiger partial charge in [-0.15, -0.1) is 12.3 Å². The quantitative estimate of drug-likeness (QED) is 0.779. The first kappa shape index (κ1) is 14.4.